The summed E-state index contributed by atoms with van der Waals surface area (Å²) in [6.45, 7) is 5.48. The van der Waals surface area contributed by atoms with E-state index >= 15 is 0 Å². The zero-order valence-corrected chi connectivity index (χ0v) is 16.1. The number of aromatic hydroxyl groups is 1. The SMILES string of the molecule is CC(C)(O)C1CN(c2ncc(-c3ccc(-c4c[nH]nc4F)cc3O)nn2)CCN1. The van der Waals surface area contributed by atoms with Gasteiger partial charge in [-0.25, -0.2) is 4.98 Å². The van der Waals surface area contributed by atoms with E-state index in [9.17, 15) is 14.6 Å². The van der Waals surface area contributed by atoms with Crippen LogP contribution in [0.25, 0.3) is 22.4 Å². The van der Waals surface area contributed by atoms with E-state index < -0.39 is 11.5 Å². The third-order valence-corrected chi connectivity index (χ3v) is 5.04. The van der Waals surface area contributed by atoms with Gasteiger partial charge in [-0.2, -0.15) is 4.39 Å². The molecule has 1 aromatic carbocycles. The standard InChI is InChI=1S/C19H22FN7O2/c1-19(2,29)16-10-27(6-5-21-16)18-22-9-14(24-26-18)12-4-3-11(7-15(12)28)13-8-23-25-17(13)20/h3-4,7-9,16,21,28-29H,5-6,10H2,1-2H3,(H,23,25). The first-order valence-electron chi connectivity index (χ1n) is 9.26. The maximum Gasteiger partial charge on any atom is 0.245 e. The van der Waals surface area contributed by atoms with Crippen LogP contribution in [0.5, 0.6) is 5.75 Å². The number of nitrogens with zero attached hydrogens (tertiary/aromatic N) is 5. The summed E-state index contributed by atoms with van der Waals surface area (Å²) in [7, 11) is 0. The van der Waals surface area contributed by atoms with Gasteiger partial charge in [-0.15, -0.1) is 15.3 Å². The van der Waals surface area contributed by atoms with Crippen molar-refractivity contribution in [1.29, 1.82) is 0 Å². The first-order chi connectivity index (χ1) is 13.8. The average Bonchev–Trinajstić information content (AvgIpc) is 3.13. The number of rotatable bonds is 4. The molecule has 3 heterocycles. The van der Waals surface area contributed by atoms with Gasteiger partial charge >= 0.3 is 0 Å². The number of phenolic OH excluding ortho intramolecular Hbond substituents is 1. The smallest absolute Gasteiger partial charge is 0.245 e. The summed E-state index contributed by atoms with van der Waals surface area (Å²) < 4.78 is 13.6. The van der Waals surface area contributed by atoms with Crippen LogP contribution in [0.2, 0.25) is 0 Å². The van der Waals surface area contributed by atoms with Crippen LogP contribution in [0.4, 0.5) is 10.3 Å². The van der Waals surface area contributed by atoms with Crippen molar-refractivity contribution in [3.63, 3.8) is 0 Å². The summed E-state index contributed by atoms with van der Waals surface area (Å²) in [6, 6.07) is 4.64. The minimum absolute atomic E-state index is 0.0591. The van der Waals surface area contributed by atoms with Crippen LogP contribution in [-0.4, -0.2) is 66.9 Å². The number of halogens is 1. The van der Waals surface area contributed by atoms with Gasteiger partial charge in [-0.1, -0.05) is 6.07 Å². The van der Waals surface area contributed by atoms with Crippen molar-refractivity contribution < 1.29 is 14.6 Å². The van der Waals surface area contributed by atoms with E-state index in [-0.39, 0.29) is 17.4 Å². The second-order valence-corrected chi connectivity index (χ2v) is 7.57. The molecule has 10 heteroatoms. The molecule has 0 saturated carbocycles. The van der Waals surface area contributed by atoms with Crippen molar-refractivity contribution in [2.24, 2.45) is 0 Å². The van der Waals surface area contributed by atoms with Gasteiger partial charge in [0, 0.05) is 31.4 Å². The predicted molar refractivity (Wildman–Crippen MR) is 105 cm³/mol. The topological polar surface area (TPSA) is 123 Å². The summed E-state index contributed by atoms with van der Waals surface area (Å²) in [4.78, 5) is 6.34. The monoisotopic (exact) mass is 399 g/mol. The molecule has 1 unspecified atom stereocenters. The third-order valence-electron chi connectivity index (χ3n) is 5.04. The number of H-pyrrole nitrogens is 1. The minimum atomic E-state index is -0.867. The quantitative estimate of drug-likeness (QED) is 0.518. The van der Waals surface area contributed by atoms with Crippen LogP contribution >= 0.6 is 0 Å². The van der Waals surface area contributed by atoms with Crippen molar-refractivity contribution in [2.75, 3.05) is 24.5 Å². The highest BCUT2D eigenvalue weighted by Gasteiger charge is 2.32. The zero-order chi connectivity index (χ0) is 20.6. The molecule has 0 spiro atoms. The van der Waals surface area contributed by atoms with Gasteiger partial charge in [-0.3, -0.25) is 5.10 Å². The number of benzene rings is 1. The molecule has 2 aromatic heterocycles. The zero-order valence-electron chi connectivity index (χ0n) is 16.1. The number of hydrogen-bond acceptors (Lipinski definition) is 8. The maximum absolute atomic E-state index is 13.6. The van der Waals surface area contributed by atoms with Gasteiger partial charge in [0.05, 0.1) is 23.4 Å². The van der Waals surface area contributed by atoms with Crippen LogP contribution in [0.3, 0.4) is 0 Å². The molecular formula is C19H22FN7O2. The third kappa shape index (κ3) is 3.89. The van der Waals surface area contributed by atoms with Gasteiger partial charge in [0.2, 0.25) is 11.9 Å². The first kappa shape index (κ1) is 19.2. The minimum Gasteiger partial charge on any atom is -0.507 e. The summed E-state index contributed by atoms with van der Waals surface area (Å²) in [6.07, 6.45) is 2.96. The molecule has 1 saturated heterocycles. The largest absolute Gasteiger partial charge is 0.507 e. The van der Waals surface area contributed by atoms with E-state index in [0.29, 0.717) is 42.4 Å². The Kier molecular flexibility index (Phi) is 4.89. The van der Waals surface area contributed by atoms with Gasteiger partial charge in [0.15, 0.2) is 0 Å². The average molecular weight is 399 g/mol. The Bertz CT molecular complexity index is 1000. The van der Waals surface area contributed by atoms with Crippen LogP contribution in [0.1, 0.15) is 13.8 Å². The highest BCUT2D eigenvalue weighted by atomic mass is 19.1. The molecule has 1 fully saturated rings. The number of nitrogens with one attached hydrogen (secondary N) is 2. The second kappa shape index (κ2) is 7.37. The van der Waals surface area contributed by atoms with E-state index in [1.54, 1.807) is 26.0 Å². The number of aromatic amines is 1. The molecule has 4 rings (SSSR count). The Morgan fingerprint density at radius 1 is 1.24 bits per heavy atom. The summed E-state index contributed by atoms with van der Waals surface area (Å²) >= 11 is 0. The molecule has 0 amide bonds. The number of aliphatic hydroxyl groups is 1. The second-order valence-electron chi connectivity index (χ2n) is 7.57. The van der Waals surface area contributed by atoms with Gasteiger partial charge in [0.25, 0.3) is 0 Å². The summed E-state index contributed by atoms with van der Waals surface area (Å²) in [5, 5.41) is 38.2. The molecule has 152 valence electrons. The van der Waals surface area contributed by atoms with E-state index in [0.717, 1.165) is 0 Å². The van der Waals surface area contributed by atoms with Crippen molar-refractivity contribution in [3.05, 3.63) is 36.5 Å². The van der Waals surface area contributed by atoms with Gasteiger partial charge in [-0.05, 0) is 31.5 Å². The van der Waals surface area contributed by atoms with Crippen molar-refractivity contribution in [1.82, 2.24) is 30.7 Å². The summed E-state index contributed by atoms with van der Waals surface area (Å²) in [5.41, 5.74) is 0.743. The number of aromatic nitrogens is 5. The molecule has 9 nitrogen and oxygen atoms in total. The Morgan fingerprint density at radius 2 is 2.07 bits per heavy atom. The van der Waals surface area contributed by atoms with Gasteiger partial charge in [0.1, 0.15) is 11.4 Å². The van der Waals surface area contributed by atoms with Gasteiger partial charge < -0.3 is 20.4 Å². The molecular weight excluding hydrogens is 377 g/mol. The lowest BCUT2D eigenvalue weighted by Gasteiger charge is -2.39. The lowest BCUT2D eigenvalue weighted by molar-refractivity contribution is 0.0362. The highest BCUT2D eigenvalue weighted by Crippen LogP contribution is 2.32. The molecule has 0 aliphatic carbocycles. The van der Waals surface area contributed by atoms with Crippen LogP contribution in [-0.2, 0) is 0 Å². The van der Waals surface area contributed by atoms with E-state index in [4.69, 9.17) is 0 Å². The molecule has 0 radical (unpaired) electrons. The molecule has 4 N–H and O–H groups in total. The molecule has 3 aromatic rings. The van der Waals surface area contributed by atoms with Crippen molar-refractivity contribution in [2.45, 2.75) is 25.5 Å². The lowest BCUT2D eigenvalue weighted by atomic mass is 9.97. The number of phenols is 1. The fourth-order valence-electron chi connectivity index (χ4n) is 3.33. The number of hydrogen-bond donors (Lipinski definition) is 4. The fraction of sp³-hybridized carbons (Fsp3) is 0.368. The Hall–Kier alpha value is -3.11. The predicted octanol–water partition coefficient (Wildman–Crippen LogP) is 1.32. The molecule has 0 bridgehead atoms. The van der Waals surface area contributed by atoms with Crippen molar-refractivity contribution >= 4 is 5.95 Å². The maximum atomic E-state index is 13.6. The van der Waals surface area contributed by atoms with Crippen LogP contribution in [0, 0.1) is 5.95 Å². The molecule has 1 atom stereocenters. The lowest BCUT2D eigenvalue weighted by Crippen LogP contribution is -2.59. The Morgan fingerprint density at radius 3 is 2.69 bits per heavy atom. The van der Waals surface area contributed by atoms with E-state index in [1.807, 2.05) is 4.90 Å². The fourth-order valence-corrected chi connectivity index (χ4v) is 3.33. The first-order valence-corrected chi connectivity index (χ1v) is 9.26. The van der Waals surface area contributed by atoms with Crippen LogP contribution < -0.4 is 10.2 Å². The van der Waals surface area contributed by atoms with Crippen molar-refractivity contribution in [3.8, 4) is 28.1 Å². The molecule has 29 heavy (non-hydrogen) atoms. The number of anilines is 1. The molecule has 1 aliphatic rings. The normalized spacial score (nSPS) is 17.5. The highest BCUT2D eigenvalue weighted by molar-refractivity contribution is 5.73. The summed E-state index contributed by atoms with van der Waals surface area (Å²) in [5.74, 6) is -0.236. The van der Waals surface area contributed by atoms with E-state index in [1.165, 1.54) is 18.5 Å². The number of piperazine rings is 1. The van der Waals surface area contributed by atoms with Crippen LogP contribution in [0.15, 0.2) is 30.6 Å². The Balaban J connectivity index is 1.54. The van der Waals surface area contributed by atoms with E-state index in [2.05, 4.69) is 30.7 Å². The molecule has 1 aliphatic heterocycles. The Labute approximate surface area is 166 Å².